The number of alkyl halides is 3. The standard InChI is InChI=1S/C15H20F3N3O2/c1-23-13-8-10(2-3-12(13)19)14(22)20-11-4-6-21(7-5-11)9-15(16,17)18/h2-3,8,11H,4-7,9,19H2,1H3,(H,20,22). The van der Waals surface area contributed by atoms with Gasteiger partial charge in [0.1, 0.15) is 5.75 Å². The molecular weight excluding hydrogens is 311 g/mol. The van der Waals surface area contributed by atoms with E-state index < -0.39 is 12.7 Å². The van der Waals surface area contributed by atoms with Gasteiger partial charge in [-0.1, -0.05) is 0 Å². The van der Waals surface area contributed by atoms with Gasteiger partial charge in [-0.15, -0.1) is 0 Å². The molecule has 0 radical (unpaired) electrons. The first-order valence-electron chi connectivity index (χ1n) is 7.32. The lowest BCUT2D eigenvalue weighted by molar-refractivity contribution is -0.148. The van der Waals surface area contributed by atoms with E-state index in [9.17, 15) is 18.0 Å². The first-order valence-corrected chi connectivity index (χ1v) is 7.32. The maximum atomic E-state index is 12.3. The number of carbonyl (C=O) groups is 1. The van der Waals surface area contributed by atoms with Gasteiger partial charge in [-0.05, 0) is 31.0 Å². The minimum atomic E-state index is -4.18. The van der Waals surface area contributed by atoms with Crippen molar-refractivity contribution in [1.29, 1.82) is 0 Å². The zero-order valence-electron chi connectivity index (χ0n) is 12.8. The summed E-state index contributed by atoms with van der Waals surface area (Å²) in [6.45, 7) is -0.270. The molecule has 0 bridgehead atoms. The molecule has 23 heavy (non-hydrogen) atoms. The maximum Gasteiger partial charge on any atom is 0.401 e. The van der Waals surface area contributed by atoms with E-state index in [1.807, 2.05) is 0 Å². The van der Waals surface area contributed by atoms with Crippen LogP contribution in [0, 0.1) is 0 Å². The summed E-state index contributed by atoms with van der Waals surface area (Å²) < 4.78 is 42.1. The number of ether oxygens (including phenoxy) is 1. The smallest absolute Gasteiger partial charge is 0.401 e. The van der Waals surface area contributed by atoms with Crippen LogP contribution in [0.5, 0.6) is 5.75 Å². The number of hydrogen-bond acceptors (Lipinski definition) is 4. The number of methoxy groups -OCH3 is 1. The third-order valence-electron chi connectivity index (χ3n) is 3.82. The first-order chi connectivity index (χ1) is 10.8. The highest BCUT2D eigenvalue weighted by atomic mass is 19.4. The summed E-state index contributed by atoms with van der Waals surface area (Å²) in [7, 11) is 1.46. The minimum absolute atomic E-state index is 0.129. The molecule has 0 unspecified atom stereocenters. The molecule has 1 aromatic rings. The highest BCUT2D eigenvalue weighted by Crippen LogP contribution is 2.23. The number of likely N-dealkylation sites (tertiary alicyclic amines) is 1. The molecule has 1 amide bonds. The second-order valence-corrected chi connectivity index (χ2v) is 5.60. The fraction of sp³-hybridized carbons (Fsp3) is 0.533. The maximum absolute atomic E-state index is 12.3. The number of piperidine rings is 1. The Kier molecular flexibility index (Phi) is 5.35. The van der Waals surface area contributed by atoms with Crippen molar-refractivity contribution in [2.75, 3.05) is 32.5 Å². The van der Waals surface area contributed by atoms with E-state index in [1.165, 1.54) is 12.0 Å². The van der Waals surface area contributed by atoms with Crippen LogP contribution in [0.3, 0.4) is 0 Å². The van der Waals surface area contributed by atoms with Crippen LogP contribution in [0.2, 0.25) is 0 Å². The summed E-state index contributed by atoms with van der Waals surface area (Å²) >= 11 is 0. The summed E-state index contributed by atoms with van der Waals surface area (Å²) in [5.74, 6) is 0.134. The van der Waals surface area contributed by atoms with Crippen LogP contribution in [-0.2, 0) is 0 Å². The molecule has 0 aliphatic carbocycles. The molecule has 1 aliphatic rings. The number of halogens is 3. The Hall–Kier alpha value is -1.96. The molecule has 1 aliphatic heterocycles. The van der Waals surface area contributed by atoms with E-state index in [2.05, 4.69) is 5.32 Å². The average molecular weight is 331 g/mol. The van der Waals surface area contributed by atoms with Gasteiger partial charge in [-0.2, -0.15) is 13.2 Å². The third kappa shape index (κ3) is 5.02. The SMILES string of the molecule is COc1cc(C(=O)NC2CCN(CC(F)(F)F)CC2)ccc1N. The number of benzene rings is 1. The van der Waals surface area contributed by atoms with E-state index in [4.69, 9.17) is 10.5 Å². The molecule has 8 heteroatoms. The van der Waals surface area contributed by atoms with E-state index in [0.29, 0.717) is 42.9 Å². The quantitative estimate of drug-likeness (QED) is 0.829. The summed E-state index contributed by atoms with van der Waals surface area (Å²) in [5, 5.41) is 2.85. The molecule has 1 heterocycles. The van der Waals surface area contributed by atoms with Crippen LogP contribution < -0.4 is 15.8 Å². The van der Waals surface area contributed by atoms with Crippen LogP contribution in [0.25, 0.3) is 0 Å². The molecule has 0 spiro atoms. The van der Waals surface area contributed by atoms with Crippen LogP contribution >= 0.6 is 0 Å². The molecular formula is C15H20F3N3O2. The number of anilines is 1. The Balaban J connectivity index is 1.88. The lowest BCUT2D eigenvalue weighted by Crippen LogP contribution is -2.47. The Bertz CT molecular complexity index is 555. The molecule has 0 aromatic heterocycles. The number of rotatable bonds is 4. The molecule has 1 saturated heterocycles. The van der Waals surface area contributed by atoms with Crippen molar-refractivity contribution in [3.8, 4) is 5.75 Å². The van der Waals surface area contributed by atoms with Crippen molar-refractivity contribution in [3.05, 3.63) is 23.8 Å². The highest BCUT2D eigenvalue weighted by molar-refractivity contribution is 5.95. The lowest BCUT2D eigenvalue weighted by atomic mass is 10.0. The largest absolute Gasteiger partial charge is 0.495 e. The summed E-state index contributed by atoms with van der Waals surface area (Å²) in [6, 6.07) is 4.59. The van der Waals surface area contributed by atoms with Crippen LogP contribution in [-0.4, -0.2) is 49.8 Å². The lowest BCUT2D eigenvalue weighted by Gasteiger charge is -2.32. The first kappa shape index (κ1) is 17.4. The highest BCUT2D eigenvalue weighted by Gasteiger charge is 2.32. The number of nitrogen functional groups attached to an aromatic ring is 1. The van der Waals surface area contributed by atoms with Gasteiger partial charge in [0.2, 0.25) is 0 Å². The summed E-state index contributed by atoms with van der Waals surface area (Å²) in [4.78, 5) is 13.6. The fourth-order valence-corrected chi connectivity index (χ4v) is 2.61. The van der Waals surface area contributed by atoms with Crippen LogP contribution in [0.4, 0.5) is 18.9 Å². The topological polar surface area (TPSA) is 67.6 Å². The Morgan fingerprint density at radius 1 is 1.39 bits per heavy atom. The Morgan fingerprint density at radius 2 is 2.04 bits per heavy atom. The number of hydrogen-bond donors (Lipinski definition) is 2. The van der Waals surface area contributed by atoms with Crippen LogP contribution in [0.1, 0.15) is 23.2 Å². The average Bonchev–Trinajstić information content (AvgIpc) is 2.48. The van der Waals surface area contributed by atoms with Gasteiger partial charge in [-0.25, -0.2) is 0 Å². The van der Waals surface area contributed by atoms with Crippen molar-refractivity contribution in [2.45, 2.75) is 25.1 Å². The van der Waals surface area contributed by atoms with Gasteiger partial charge in [-0.3, -0.25) is 9.69 Å². The van der Waals surface area contributed by atoms with Crippen molar-refractivity contribution in [3.63, 3.8) is 0 Å². The molecule has 3 N–H and O–H groups in total. The van der Waals surface area contributed by atoms with Crippen molar-refractivity contribution < 1.29 is 22.7 Å². The van der Waals surface area contributed by atoms with Gasteiger partial charge in [0, 0.05) is 24.7 Å². The monoisotopic (exact) mass is 331 g/mol. The van der Waals surface area contributed by atoms with Crippen molar-refractivity contribution >= 4 is 11.6 Å². The zero-order chi connectivity index (χ0) is 17.0. The van der Waals surface area contributed by atoms with E-state index in [-0.39, 0.29) is 11.9 Å². The van der Waals surface area contributed by atoms with Gasteiger partial charge in [0.15, 0.2) is 0 Å². The normalized spacial score (nSPS) is 17.0. The molecule has 1 fully saturated rings. The molecule has 128 valence electrons. The number of nitrogens with two attached hydrogens (primary N) is 1. The van der Waals surface area contributed by atoms with Gasteiger partial charge >= 0.3 is 6.18 Å². The number of amides is 1. The number of carbonyl (C=O) groups excluding carboxylic acids is 1. The molecule has 0 atom stereocenters. The Labute approximate surface area is 132 Å². The number of nitrogens with one attached hydrogen (secondary N) is 1. The predicted molar refractivity (Wildman–Crippen MR) is 80.4 cm³/mol. The molecule has 0 saturated carbocycles. The third-order valence-corrected chi connectivity index (χ3v) is 3.82. The summed E-state index contributed by atoms with van der Waals surface area (Å²) in [6.07, 6.45) is -3.20. The predicted octanol–water partition coefficient (Wildman–Crippen LogP) is 2.03. The molecule has 5 nitrogen and oxygen atoms in total. The Morgan fingerprint density at radius 3 is 2.61 bits per heavy atom. The molecule has 2 rings (SSSR count). The van der Waals surface area contributed by atoms with E-state index in [0.717, 1.165) is 0 Å². The van der Waals surface area contributed by atoms with Crippen molar-refractivity contribution in [2.24, 2.45) is 0 Å². The minimum Gasteiger partial charge on any atom is -0.495 e. The second kappa shape index (κ2) is 7.08. The van der Waals surface area contributed by atoms with Crippen LogP contribution in [0.15, 0.2) is 18.2 Å². The van der Waals surface area contributed by atoms with Gasteiger partial charge in [0.05, 0.1) is 19.3 Å². The number of nitrogens with zero attached hydrogens (tertiary/aromatic N) is 1. The second-order valence-electron chi connectivity index (χ2n) is 5.60. The fourth-order valence-electron chi connectivity index (χ4n) is 2.61. The van der Waals surface area contributed by atoms with E-state index in [1.54, 1.807) is 18.2 Å². The van der Waals surface area contributed by atoms with Crippen molar-refractivity contribution in [1.82, 2.24) is 10.2 Å². The van der Waals surface area contributed by atoms with Gasteiger partial charge in [0.25, 0.3) is 5.91 Å². The molecule has 1 aromatic carbocycles. The summed E-state index contributed by atoms with van der Waals surface area (Å²) in [5.41, 5.74) is 6.54. The zero-order valence-corrected chi connectivity index (χ0v) is 12.8. The van der Waals surface area contributed by atoms with E-state index >= 15 is 0 Å². The van der Waals surface area contributed by atoms with Gasteiger partial charge < -0.3 is 15.8 Å².